The van der Waals surface area contributed by atoms with Crippen molar-refractivity contribution < 1.29 is 28.9 Å². The number of nitrogens with zero attached hydrogens (tertiary/aromatic N) is 1. The van der Waals surface area contributed by atoms with E-state index in [-0.39, 0.29) is 12.2 Å². The van der Waals surface area contributed by atoms with Crippen molar-refractivity contribution in [2.45, 2.75) is 36.4 Å². The maximum Gasteiger partial charge on any atom is 0.262 e. The molecule has 0 radical (unpaired) electrons. The van der Waals surface area contributed by atoms with Crippen LogP contribution in [0.5, 0.6) is 0 Å². The highest BCUT2D eigenvalue weighted by Crippen LogP contribution is 2.45. The lowest BCUT2D eigenvalue weighted by Gasteiger charge is -2.33. The summed E-state index contributed by atoms with van der Waals surface area (Å²) in [4.78, 5) is 22.1. The molecule has 0 aromatic rings. The first kappa shape index (κ1) is 14.4. The molecule has 0 spiro atoms. The molecule has 0 unspecified atom stereocenters. The highest BCUT2D eigenvalue weighted by atomic mass is 35.5. The Hall–Kier alpha value is -1.02. The van der Waals surface area contributed by atoms with E-state index in [1.165, 1.54) is 6.92 Å². The predicted molar refractivity (Wildman–Crippen MR) is 61.7 cm³/mol. The van der Waals surface area contributed by atoms with Gasteiger partial charge in [-0.25, -0.2) is 4.39 Å². The standard InChI is InChI=1S/C11H13ClFNO5/c1-10(12)8(18)11(13,5-15)19-9(10)14-3-2-6(16)4-7(14)17/h2-3,8-9,15,18H,4-5H2,1H3/t8-,9+,10+,11+/m0/s1. The lowest BCUT2D eigenvalue weighted by atomic mass is 9.98. The van der Waals surface area contributed by atoms with Gasteiger partial charge >= 0.3 is 0 Å². The Labute approximate surface area is 113 Å². The van der Waals surface area contributed by atoms with Crippen molar-refractivity contribution >= 4 is 23.3 Å². The Kier molecular flexibility index (Phi) is 3.42. The maximum atomic E-state index is 14.1. The van der Waals surface area contributed by atoms with E-state index >= 15 is 0 Å². The third-order valence-corrected chi connectivity index (χ3v) is 3.63. The molecule has 2 heterocycles. The molecule has 8 heteroatoms. The summed E-state index contributed by atoms with van der Waals surface area (Å²) in [5.74, 6) is -3.75. The van der Waals surface area contributed by atoms with Gasteiger partial charge in [-0.2, -0.15) is 0 Å². The van der Waals surface area contributed by atoms with E-state index in [2.05, 4.69) is 0 Å². The largest absolute Gasteiger partial charge is 0.390 e. The molecule has 4 atom stereocenters. The molecule has 1 fully saturated rings. The zero-order valence-electron chi connectivity index (χ0n) is 10.0. The number of alkyl halides is 2. The van der Waals surface area contributed by atoms with Gasteiger partial charge in [0.2, 0.25) is 5.91 Å². The number of aliphatic hydroxyl groups is 2. The van der Waals surface area contributed by atoms with E-state index in [1.807, 2.05) is 0 Å². The number of rotatable bonds is 2. The smallest absolute Gasteiger partial charge is 0.262 e. The van der Waals surface area contributed by atoms with E-state index in [1.54, 1.807) is 0 Å². The van der Waals surface area contributed by atoms with Gasteiger partial charge in [0.25, 0.3) is 5.85 Å². The summed E-state index contributed by atoms with van der Waals surface area (Å²) in [6.07, 6.45) is -1.25. The highest BCUT2D eigenvalue weighted by molar-refractivity contribution is 6.25. The van der Waals surface area contributed by atoms with Crippen LogP contribution in [0.3, 0.4) is 0 Å². The Morgan fingerprint density at radius 3 is 2.74 bits per heavy atom. The average Bonchev–Trinajstić information content (AvgIpc) is 2.51. The van der Waals surface area contributed by atoms with Gasteiger partial charge in [0.05, 0.1) is 6.42 Å². The van der Waals surface area contributed by atoms with Crippen molar-refractivity contribution in [3.05, 3.63) is 12.3 Å². The molecule has 0 aromatic carbocycles. The quantitative estimate of drug-likeness (QED) is 0.538. The highest BCUT2D eigenvalue weighted by Gasteiger charge is 2.63. The van der Waals surface area contributed by atoms with E-state index < -0.39 is 35.6 Å². The van der Waals surface area contributed by atoms with Crippen LogP contribution in [0.2, 0.25) is 0 Å². The summed E-state index contributed by atoms with van der Waals surface area (Å²) in [5.41, 5.74) is 0. The molecule has 0 aromatic heterocycles. The van der Waals surface area contributed by atoms with E-state index in [9.17, 15) is 19.1 Å². The van der Waals surface area contributed by atoms with E-state index in [4.69, 9.17) is 21.4 Å². The molecule has 6 nitrogen and oxygen atoms in total. The van der Waals surface area contributed by atoms with Crippen molar-refractivity contribution in [2.24, 2.45) is 0 Å². The van der Waals surface area contributed by atoms with Gasteiger partial charge in [-0.1, -0.05) is 0 Å². The molecule has 2 rings (SSSR count). The van der Waals surface area contributed by atoms with Gasteiger partial charge in [-0.05, 0) is 13.0 Å². The first-order valence-electron chi connectivity index (χ1n) is 5.59. The summed E-state index contributed by atoms with van der Waals surface area (Å²) >= 11 is 6.04. The number of hydrogen-bond acceptors (Lipinski definition) is 5. The van der Waals surface area contributed by atoms with Gasteiger partial charge in [0, 0.05) is 6.20 Å². The second-order valence-electron chi connectivity index (χ2n) is 4.73. The minimum Gasteiger partial charge on any atom is -0.390 e. The Bertz CT molecular complexity index is 454. The number of hydrogen-bond donors (Lipinski definition) is 2. The van der Waals surface area contributed by atoms with Gasteiger partial charge in [0.15, 0.2) is 12.0 Å². The minimum absolute atomic E-state index is 0.377. The lowest BCUT2D eigenvalue weighted by Crippen LogP contribution is -2.51. The fourth-order valence-electron chi connectivity index (χ4n) is 2.13. The van der Waals surface area contributed by atoms with Crippen molar-refractivity contribution in [1.29, 1.82) is 0 Å². The summed E-state index contributed by atoms with van der Waals surface area (Å²) in [6.45, 7) is 0.191. The van der Waals surface area contributed by atoms with Crippen LogP contribution in [0.1, 0.15) is 13.3 Å². The van der Waals surface area contributed by atoms with Crippen LogP contribution in [0, 0.1) is 0 Å². The number of amides is 1. The molecular weight excluding hydrogens is 281 g/mol. The fourth-order valence-corrected chi connectivity index (χ4v) is 2.44. The van der Waals surface area contributed by atoms with Gasteiger partial charge in [-0.3, -0.25) is 14.5 Å². The van der Waals surface area contributed by atoms with Crippen LogP contribution in [0.15, 0.2) is 12.3 Å². The van der Waals surface area contributed by atoms with Gasteiger partial charge in [0.1, 0.15) is 17.6 Å². The zero-order valence-corrected chi connectivity index (χ0v) is 10.8. The van der Waals surface area contributed by atoms with Crippen LogP contribution in [0.4, 0.5) is 4.39 Å². The molecule has 0 bridgehead atoms. The normalized spacial score (nSPS) is 43.1. The van der Waals surface area contributed by atoms with Gasteiger partial charge < -0.3 is 14.9 Å². The molecule has 2 aliphatic heterocycles. The molecule has 2 N–H and O–H groups in total. The first-order chi connectivity index (χ1) is 8.72. The van der Waals surface area contributed by atoms with Crippen LogP contribution >= 0.6 is 11.6 Å². The van der Waals surface area contributed by atoms with Crippen LogP contribution < -0.4 is 0 Å². The predicted octanol–water partition coefficient (Wildman–Crippen LogP) is -0.326. The number of carbonyl (C=O) groups is 2. The number of ether oxygens (including phenoxy) is 1. The monoisotopic (exact) mass is 293 g/mol. The molecule has 1 saturated heterocycles. The topological polar surface area (TPSA) is 87.1 Å². The van der Waals surface area contributed by atoms with Crippen LogP contribution in [0.25, 0.3) is 0 Å². The molecule has 0 aliphatic carbocycles. The number of halogens is 2. The van der Waals surface area contributed by atoms with Crippen LogP contribution in [-0.2, 0) is 14.3 Å². The van der Waals surface area contributed by atoms with Crippen molar-refractivity contribution in [3.8, 4) is 0 Å². The second-order valence-corrected chi connectivity index (χ2v) is 5.54. The first-order valence-corrected chi connectivity index (χ1v) is 5.97. The summed E-state index contributed by atoms with van der Waals surface area (Å²) in [7, 11) is 0. The van der Waals surface area contributed by atoms with Crippen molar-refractivity contribution in [3.63, 3.8) is 0 Å². The Morgan fingerprint density at radius 1 is 1.63 bits per heavy atom. The zero-order chi connectivity index (χ0) is 14.4. The van der Waals surface area contributed by atoms with Crippen molar-refractivity contribution in [2.75, 3.05) is 6.61 Å². The molecule has 19 heavy (non-hydrogen) atoms. The maximum absolute atomic E-state index is 14.1. The van der Waals surface area contributed by atoms with Gasteiger partial charge in [-0.15, -0.1) is 11.6 Å². The van der Waals surface area contributed by atoms with Crippen molar-refractivity contribution in [1.82, 2.24) is 4.90 Å². The summed E-state index contributed by atoms with van der Waals surface area (Å²) in [5, 5.41) is 18.8. The molecule has 106 valence electrons. The third-order valence-electron chi connectivity index (χ3n) is 3.24. The Morgan fingerprint density at radius 2 is 2.26 bits per heavy atom. The number of aliphatic hydroxyl groups excluding tert-OH is 2. The molecular formula is C11H13ClFNO5. The lowest BCUT2D eigenvalue weighted by molar-refractivity contribution is -0.212. The SMILES string of the molecule is C[C@]1(Cl)[C@H](N2C=CC(=O)CC2=O)O[C@](F)(CO)[C@H]1O. The molecule has 1 amide bonds. The van der Waals surface area contributed by atoms with Crippen LogP contribution in [-0.4, -0.2) is 56.5 Å². The summed E-state index contributed by atoms with van der Waals surface area (Å²) < 4.78 is 19.0. The minimum atomic E-state index is -2.75. The second kappa shape index (κ2) is 4.52. The molecule has 2 aliphatic rings. The van der Waals surface area contributed by atoms with E-state index in [0.29, 0.717) is 0 Å². The number of carbonyl (C=O) groups excluding carboxylic acids is 2. The average molecular weight is 294 g/mol. The molecule has 0 saturated carbocycles. The Balaban J connectivity index is 2.33. The fraction of sp³-hybridized carbons (Fsp3) is 0.636. The van der Waals surface area contributed by atoms with E-state index in [0.717, 1.165) is 17.2 Å². The number of ketones is 1. The number of allylic oxidation sites excluding steroid dienone is 1. The third kappa shape index (κ3) is 2.16. The summed E-state index contributed by atoms with van der Waals surface area (Å²) in [6, 6.07) is 0.